The van der Waals surface area contributed by atoms with Crippen LogP contribution in [0, 0.1) is 0 Å². The number of thiol groups is 1. The lowest BCUT2D eigenvalue weighted by Gasteiger charge is -1.91. The van der Waals surface area contributed by atoms with Crippen molar-refractivity contribution < 1.29 is 4.52 Å². The number of hydrogen-bond acceptors (Lipinski definition) is 3. The molecular formula is C9H8ClNOS. The molecule has 4 heteroatoms. The maximum Gasteiger partial charge on any atom is 0.168 e. The summed E-state index contributed by atoms with van der Waals surface area (Å²) in [6.45, 7) is 0. The number of benzene rings is 1. The fraction of sp³-hybridized carbons (Fsp3) is 0.222. The minimum Gasteiger partial charge on any atom is -0.356 e. The summed E-state index contributed by atoms with van der Waals surface area (Å²) in [6.07, 6.45) is 0.817. The molecule has 0 radical (unpaired) electrons. The van der Waals surface area contributed by atoms with Gasteiger partial charge in [0.05, 0.1) is 5.69 Å². The van der Waals surface area contributed by atoms with Crippen molar-refractivity contribution in [3.05, 3.63) is 28.9 Å². The van der Waals surface area contributed by atoms with Crippen LogP contribution in [-0.4, -0.2) is 10.9 Å². The standard InChI is InChI=1S/C9H8ClNOS/c10-6-1-2-7-8(3-4-13)11-12-9(7)5-6/h1-2,5,13H,3-4H2. The van der Waals surface area contributed by atoms with Crippen molar-refractivity contribution in [3.63, 3.8) is 0 Å². The predicted molar refractivity (Wildman–Crippen MR) is 56.6 cm³/mol. The Kier molecular flexibility index (Phi) is 2.47. The van der Waals surface area contributed by atoms with E-state index in [1.165, 1.54) is 0 Å². The zero-order chi connectivity index (χ0) is 9.26. The third-order valence-electron chi connectivity index (χ3n) is 1.86. The highest BCUT2D eigenvalue weighted by atomic mass is 35.5. The van der Waals surface area contributed by atoms with Crippen LogP contribution in [0.3, 0.4) is 0 Å². The van der Waals surface area contributed by atoms with Crippen LogP contribution in [0.25, 0.3) is 11.0 Å². The molecule has 2 aromatic rings. The average Bonchev–Trinajstić information content (AvgIpc) is 2.49. The zero-order valence-electron chi connectivity index (χ0n) is 6.83. The van der Waals surface area contributed by atoms with Gasteiger partial charge in [-0.15, -0.1) is 0 Å². The van der Waals surface area contributed by atoms with E-state index in [1.54, 1.807) is 6.07 Å². The van der Waals surface area contributed by atoms with Gasteiger partial charge in [-0.05, 0) is 17.9 Å². The fourth-order valence-corrected chi connectivity index (χ4v) is 1.62. The summed E-state index contributed by atoms with van der Waals surface area (Å²) in [7, 11) is 0. The SMILES string of the molecule is SCCc1noc2cc(Cl)ccc12. The molecule has 1 aromatic heterocycles. The molecule has 0 atom stereocenters. The van der Waals surface area contributed by atoms with Crippen molar-refractivity contribution in [2.45, 2.75) is 6.42 Å². The van der Waals surface area contributed by atoms with Crippen LogP contribution < -0.4 is 0 Å². The summed E-state index contributed by atoms with van der Waals surface area (Å²) in [6, 6.07) is 5.53. The summed E-state index contributed by atoms with van der Waals surface area (Å²) in [5.41, 5.74) is 1.69. The number of halogens is 1. The number of aryl methyl sites for hydroxylation is 1. The van der Waals surface area contributed by atoms with E-state index in [1.807, 2.05) is 12.1 Å². The van der Waals surface area contributed by atoms with Gasteiger partial charge in [0.1, 0.15) is 0 Å². The molecule has 0 bridgehead atoms. The Bertz CT molecular complexity index is 426. The van der Waals surface area contributed by atoms with Gasteiger partial charge < -0.3 is 4.52 Å². The number of fused-ring (bicyclic) bond motifs is 1. The summed E-state index contributed by atoms with van der Waals surface area (Å²) in [5.74, 6) is 0.768. The van der Waals surface area contributed by atoms with Crippen molar-refractivity contribution in [2.24, 2.45) is 0 Å². The Labute approximate surface area is 86.3 Å². The number of rotatable bonds is 2. The molecule has 2 rings (SSSR count). The number of hydrogen-bond donors (Lipinski definition) is 1. The molecule has 0 fully saturated rings. The first kappa shape index (κ1) is 8.91. The molecule has 0 saturated carbocycles. The lowest BCUT2D eigenvalue weighted by atomic mass is 10.2. The van der Waals surface area contributed by atoms with Crippen LogP contribution in [-0.2, 0) is 6.42 Å². The van der Waals surface area contributed by atoms with Gasteiger partial charge in [0.25, 0.3) is 0 Å². The molecule has 13 heavy (non-hydrogen) atoms. The Balaban J connectivity index is 2.55. The Hall–Kier alpha value is -0.670. The van der Waals surface area contributed by atoms with Crippen LogP contribution in [0.5, 0.6) is 0 Å². The maximum absolute atomic E-state index is 5.80. The lowest BCUT2D eigenvalue weighted by molar-refractivity contribution is 0.447. The van der Waals surface area contributed by atoms with E-state index in [0.29, 0.717) is 5.02 Å². The highest BCUT2D eigenvalue weighted by molar-refractivity contribution is 7.80. The molecule has 2 nitrogen and oxygen atoms in total. The number of nitrogens with zero attached hydrogens (tertiary/aromatic N) is 1. The largest absolute Gasteiger partial charge is 0.356 e. The van der Waals surface area contributed by atoms with Gasteiger partial charge in [-0.1, -0.05) is 16.8 Å². The first-order valence-electron chi connectivity index (χ1n) is 3.96. The van der Waals surface area contributed by atoms with Gasteiger partial charge in [-0.3, -0.25) is 0 Å². The van der Waals surface area contributed by atoms with Gasteiger partial charge in [0, 0.05) is 22.9 Å². The second-order valence-corrected chi connectivity index (χ2v) is 3.63. The van der Waals surface area contributed by atoms with Gasteiger partial charge in [-0.25, -0.2) is 0 Å². The maximum atomic E-state index is 5.80. The molecule has 1 aromatic carbocycles. The third-order valence-corrected chi connectivity index (χ3v) is 2.32. The van der Waals surface area contributed by atoms with Gasteiger partial charge in [0.2, 0.25) is 0 Å². The van der Waals surface area contributed by atoms with E-state index in [4.69, 9.17) is 16.1 Å². The summed E-state index contributed by atoms with van der Waals surface area (Å²) < 4.78 is 5.11. The second kappa shape index (κ2) is 3.60. The summed E-state index contributed by atoms with van der Waals surface area (Å²) in [4.78, 5) is 0. The zero-order valence-corrected chi connectivity index (χ0v) is 8.48. The van der Waals surface area contributed by atoms with Crippen molar-refractivity contribution in [2.75, 3.05) is 5.75 Å². The normalized spacial score (nSPS) is 10.9. The minimum absolute atomic E-state index is 0.668. The van der Waals surface area contributed by atoms with E-state index in [2.05, 4.69) is 17.8 Å². The van der Waals surface area contributed by atoms with E-state index in [-0.39, 0.29) is 0 Å². The Morgan fingerprint density at radius 3 is 3.08 bits per heavy atom. The minimum atomic E-state index is 0.668. The average molecular weight is 214 g/mol. The van der Waals surface area contributed by atoms with Crippen molar-refractivity contribution >= 4 is 35.2 Å². The molecule has 0 amide bonds. The van der Waals surface area contributed by atoms with Gasteiger partial charge in [0.15, 0.2) is 5.58 Å². The van der Waals surface area contributed by atoms with Crippen LogP contribution in [0.15, 0.2) is 22.7 Å². The molecule has 68 valence electrons. The molecule has 0 unspecified atom stereocenters. The first-order valence-corrected chi connectivity index (χ1v) is 4.97. The monoisotopic (exact) mass is 213 g/mol. The molecule has 0 aliphatic carbocycles. The Morgan fingerprint density at radius 2 is 2.31 bits per heavy atom. The molecule has 1 heterocycles. The van der Waals surface area contributed by atoms with Gasteiger partial charge >= 0.3 is 0 Å². The second-order valence-electron chi connectivity index (χ2n) is 2.74. The quantitative estimate of drug-likeness (QED) is 0.777. The fourth-order valence-electron chi connectivity index (χ4n) is 1.25. The predicted octanol–water partition coefficient (Wildman–Crippen LogP) is 2.95. The molecule has 0 saturated heterocycles. The molecule has 0 spiro atoms. The van der Waals surface area contributed by atoms with Crippen molar-refractivity contribution in [1.82, 2.24) is 5.16 Å². The van der Waals surface area contributed by atoms with Crippen LogP contribution in [0.2, 0.25) is 5.02 Å². The highest BCUT2D eigenvalue weighted by Gasteiger charge is 2.06. The van der Waals surface area contributed by atoms with Gasteiger partial charge in [-0.2, -0.15) is 12.6 Å². The third kappa shape index (κ3) is 1.67. The molecule has 0 N–H and O–H groups in total. The Morgan fingerprint density at radius 1 is 1.46 bits per heavy atom. The van der Waals surface area contributed by atoms with Crippen LogP contribution in [0.4, 0.5) is 0 Å². The number of aromatic nitrogens is 1. The van der Waals surface area contributed by atoms with Crippen LogP contribution >= 0.6 is 24.2 Å². The van der Waals surface area contributed by atoms with E-state index in [0.717, 1.165) is 28.8 Å². The topological polar surface area (TPSA) is 26.0 Å². The summed E-state index contributed by atoms with van der Waals surface area (Å²) in [5, 5.41) is 5.64. The molecule has 0 aliphatic rings. The van der Waals surface area contributed by atoms with Crippen molar-refractivity contribution in [1.29, 1.82) is 0 Å². The van der Waals surface area contributed by atoms with E-state index < -0.39 is 0 Å². The van der Waals surface area contributed by atoms with E-state index in [9.17, 15) is 0 Å². The summed E-state index contributed by atoms with van der Waals surface area (Å²) >= 11 is 9.95. The van der Waals surface area contributed by atoms with Crippen LogP contribution in [0.1, 0.15) is 5.69 Å². The molecular weight excluding hydrogens is 206 g/mol. The lowest BCUT2D eigenvalue weighted by Crippen LogP contribution is -1.85. The first-order chi connectivity index (χ1) is 6.31. The highest BCUT2D eigenvalue weighted by Crippen LogP contribution is 2.22. The van der Waals surface area contributed by atoms with E-state index >= 15 is 0 Å². The molecule has 0 aliphatic heterocycles. The van der Waals surface area contributed by atoms with Crippen molar-refractivity contribution in [3.8, 4) is 0 Å². The smallest absolute Gasteiger partial charge is 0.168 e.